The highest BCUT2D eigenvalue weighted by atomic mass is 35.5. The highest BCUT2D eigenvalue weighted by Gasteiger charge is 2.29. The van der Waals surface area contributed by atoms with Crippen molar-refractivity contribution in [3.05, 3.63) is 76.0 Å². The van der Waals surface area contributed by atoms with E-state index in [-0.39, 0.29) is 5.91 Å². The number of nitrogens with one attached hydrogen (secondary N) is 1. The molecule has 0 fully saturated rings. The van der Waals surface area contributed by atoms with Gasteiger partial charge in [0.25, 0.3) is 5.91 Å². The van der Waals surface area contributed by atoms with Crippen molar-refractivity contribution in [3.63, 3.8) is 0 Å². The van der Waals surface area contributed by atoms with E-state index in [9.17, 15) is 4.79 Å². The van der Waals surface area contributed by atoms with E-state index in [2.05, 4.69) is 22.5 Å². The number of fused-ring (bicyclic) bond motifs is 1. The molecule has 3 aromatic rings. The minimum Gasteiger partial charge on any atom is -0.467 e. The van der Waals surface area contributed by atoms with Crippen LogP contribution in [-0.4, -0.2) is 40.2 Å². The molecular formula is C23H27ClN4O2. The van der Waals surface area contributed by atoms with Gasteiger partial charge in [0.2, 0.25) is 0 Å². The largest absolute Gasteiger partial charge is 0.467 e. The van der Waals surface area contributed by atoms with Crippen LogP contribution in [0.1, 0.15) is 39.5 Å². The lowest BCUT2D eigenvalue weighted by atomic mass is 9.91. The number of aryl methyl sites for hydroxylation is 1. The van der Waals surface area contributed by atoms with Crippen LogP contribution in [0.15, 0.2) is 47.1 Å². The molecule has 1 unspecified atom stereocenters. The molecule has 1 amide bonds. The summed E-state index contributed by atoms with van der Waals surface area (Å²) in [4.78, 5) is 14.7. The summed E-state index contributed by atoms with van der Waals surface area (Å²) >= 11 is 5.96. The summed E-state index contributed by atoms with van der Waals surface area (Å²) in [5.74, 6) is 0.697. The van der Waals surface area contributed by atoms with E-state index in [4.69, 9.17) is 16.0 Å². The highest BCUT2D eigenvalue weighted by molar-refractivity contribution is 6.30. The number of aromatic nitrogens is 2. The zero-order valence-electron chi connectivity index (χ0n) is 17.4. The van der Waals surface area contributed by atoms with Crippen molar-refractivity contribution in [1.29, 1.82) is 0 Å². The van der Waals surface area contributed by atoms with Gasteiger partial charge in [0.1, 0.15) is 5.76 Å². The van der Waals surface area contributed by atoms with Gasteiger partial charge in [0.05, 0.1) is 12.8 Å². The summed E-state index contributed by atoms with van der Waals surface area (Å²) in [6, 6.07) is 12.0. The molecule has 158 valence electrons. The van der Waals surface area contributed by atoms with E-state index in [0.29, 0.717) is 18.3 Å². The maximum atomic E-state index is 13.1. The highest BCUT2D eigenvalue weighted by Crippen LogP contribution is 2.25. The number of halogens is 1. The number of amides is 1. The van der Waals surface area contributed by atoms with Crippen LogP contribution in [0.2, 0.25) is 5.02 Å². The first-order chi connectivity index (χ1) is 14.5. The molecule has 4 rings (SSSR count). The van der Waals surface area contributed by atoms with Gasteiger partial charge in [-0.25, -0.2) is 0 Å². The molecule has 1 aromatic carbocycles. The van der Waals surface area contributed by atoms with Crippen LogP contribution in [0.3, 0.4) is 0 Å². The Morgan fingerprint density at radius 3 is 2.87 bits per heavy atom. The molecule has 0 saturated heterocycles. The Labute approximate surface area is 181 Å². The summed E-state index contributed by atoms with van der Waals surface area (Å²) in [6.45, 7) is 1.32. The molecule has 6 nitrogen and oxygen atoms in total. The van der Waals surface area contributed by atoms with Gasteiger partial charge in [-0.05, 0) is 62.1 Å². The van der Waals surface area contributed by atoms with E-state index in [0.717, 1.165) is 48.6 Å². The third-order valence-electron chi connectivity index (χ3n) is 5.74. The van der Waals surface area contributed by atoms with Gasteiger partial charge in [-0.2, -0.15) is 5.10 Å². The first-order valence-electron chi connectivity index (χ1n) is 10.3. The summed E-state index contributed by atoms with van der Waals surface area (Å²) < 4.78 is 7.24. The van der Waals surface area contributed by atoms with Crippen molar-refractivity contribution in [2.45, 2.75) is 38.3 Å². The molecule has 2 aromatic heterocycles. The van der Waals surface area contributed by atoms with Crippen molar-refractivity contribution in [2.24, 2.45) is 7.05 Å². The number of rotatable bonds is 7. The number of furan rings is 1. The minimum absolute atomic E-state index is 0.0648. The topological polar surface area (TPSA) is 63.3 Å². The summed E-state index contributed by atoms with van der Waals surface area (Å²) in [5.41, 5.74) is 4.07. The molecule has 1 atom stereocenters. The Bertz CT molecular complexity index is 995. The van der Waals surface area contributed by atoms with Crippen LogP contribution in [-0.2, 0) is 32.9 Å². The van der Waals surface area contributed by atoms with E-state index in [1.807, 2.05) is 36.0 Å². The first kappa shape index (κ1) is 20.7. The molecule has 1 aliphatic carbocycles. The Morgan fingerprint density at radius 1 is 1.33 bits per heavy atom. The molecule has 0 bridgehead atoms. The van der Waals surface area contributed by atoms with Gasteiger partial charge in [-0.1, -0.05) is 23.7 Å². The molecule has 1 aliphatic rings. The zero-order chi connectivity index (χ0) is 21.1. The first-order valence-corrected chi connectivity index (χ1v) is 10.7. The second kappa shape index (κ2) is 9.06. The van der Waals surface area contributed by atoms with Gasteiger partial charge in [-0.15, -0.1) is 0 Å². The van der Waals surface area contributed by atoms with E-state index >= 15 is 0 Å². The van der Waals surface area contributed by atoms with Crippen molar-refractivity contribution in [2.75, 3.05) is 13.6 Å². The monoisotopic (exact) mass is 426 g/mol. The van der Waals surface area contributed by atoms with Crippen molar-refractivity contribution >= 4 is 17.5 Å². The van der Waals surface area contributed by atoms with Crippen LogP contribution in [0.25, 0.3) is 0 Å². The Morgan fingerprint density at radius 2 is 2.13 bits per heavy atom. The van der Waals surface area contributed by atoms with Crippen molar-refractivity contribution in [3.8, 4) is 0 Å². The molecule has 0 radical (unpaired) electrons. The number of carbonyl (C=O) groups excluding carboxylic acids is 1. The predicted molar refractivity (Wildman–Crippen MR) is 117 cm³/mol. The van der Waals surface area contributed by atoms with E-state index in [1.54, 1.807) is 18.2 Å². The number of benzene rings is 1. The van der Waals surface area contributed by atoms with E-state index < -0.39 is 0 Å². The molecule has 0 spiro atoms. The SMILES string of the molecule is CN(Cc1ccco1)C(=O)c1nn(C)c2c1CC(NCCc1ccc(Cl)cc1)CC2. The van der Waals surface area contributed by atoms with Crippen molar-refractivity contribution < 1.29 is 9.21 Å². The fourth-order valence-electron chi connectivity index (χ4n) is 4.10. The third-order valence-corrected chi connectivity index (χ3v) is 5.99. The summed E-state index contributed by atoms with van der Waals surface area (Å²) in [5, 5.41) is 8.99. The minimum atomic E-state index is -0.0648. The molecule has 30 heavy (non-hydrogen) atoms. The van der Waals surface area contributed by atoms with Crippen LogP contribution >= 0.6 is 11.6 Å². The van der Waals surface area contributed by atoms with Crippen LogP contribution < -0.4 is 5.32 Å². The lowest BCUT2D eigenvalue weighted by Gasteiger charge is -2.25. The van der Waals surface area contributed by atoms with E-state index in [1.165, 1.54) is 11.3 Å². The molecule has 0 saturated carbocycles. The Balaban J connectivity index is 1.39. The predicted octanol–water partition coefficient (Wildman–Crippen LogP) is 3.63. The number of carbonyl (C=O) groups is 1. The number of hydrogen-bond acceptors (Lipinski definition) is 4. The maximum absolute atomic E-state index is 13.1. The lowest BCUT2D eigenvalue weighted by Crippen LogP contribution is -2.37. The molecule has 7 heteroatoms. The zero-order valence-corrected chi connectivity index (χ0v) is 18.2. The number of hydrogen-bond donors (Lipinski definition) is 1. The second-order valence-corrected chi connectivity index (χ2v) is 8.34. The van der Waals surface area contributed by atoms with Crippen LogP contribution in [0, 0.1) is 0 Å². The number of nitrogens with zero attached hydrogens (tertiary/aromatic N) is 3. The Kier molecular flexibility index (Phi) is 6.25. The fraction of sp³-hybridized carbons (Fsp3) is 0.391. The normalized spacial score (nSPS) is 15.8. The average molecular weight is 427 g/mol. The molecular weight excluding hydrogens is 400 g/mol. The fourth-order valence-corrected chi connectivity index (χ4v) is 4.22. The lowest BCUT2D eigenvalue weighted by molar-refractivity contribution is 0.0767. The third kappa shape index (κ3) is 4.60. The van der Waals surface area contributed by atoms with Gasteiger partial charge < -0.3 is 14.6 Å². The molecule has 0 aliphatic heterocycles. The molecule has 2 heterocycles. The van der Waals surface area contributed by atoms with Gasteiger partial charge in [0, 0.05) is 36.4 Å². The molecule has 1 N–H and O–H groups in total. The quantitative estimate of drug-likeness (QED) is 0.626. The average Bonchev–Trinajstić information content (AvgIpc) is 3.37. The smallest absolute Gasteiger partial charge is 0.274 e. The van der Waals surface area contributed by atoms with Crippen LogP contribution in [0.4, 0.5) is 0 Å². The maximum Gasteiger partial charge on any atom is 0.274 e. The van der Waals surface area contributed by atoms with Gasteiger partial charge in [-0.3, -0.25) is 9.48 Å². The summed E-state index contributed by atoms with van der Waals surface area (Å²) in [7, 11) is 3.72. The van der Waals surface area contributed by atoms with Gasteiger partial charge in [0.15, 0.2) is 5.69 Å². The standard InChI is InChI=1S/C23H27ClN4O2/c1-27(15-19-4-3-13-30-19)23(29)22-20-14-18(9-10-21(20)28(2)26-22)25-12-11-16-5-7-17(24)8-6-16/h3-8,13,18,25H,9-12,14-15H2,1-2H3. The Hall–Kier alpha value is -2.57. The summed E-state index contributed by atoms with van der Waals surface area (Å²) in [6.07, 6.45) is 5.36. The second-order valence-electron chi connectivity index (χ2n) is 7.91. The van der Waals surface area contributed by atoms with Gasteiger partial charge >= 0.3 is 0 Å². The van der Waals surface area contributed by atoms with Crippen molar-refractivity contribution in [1.82, 2.24) is 20.0 Å². The van der Waals surface area contributed by atoms with Crippen LogP contribution in [0.5, 0.6) is 0 Å².